The predicted octanol–water partition coefficient (Wildman–Crippen LogP) is 2.82. The van der Waals surface area contributed by atoms with Gasteiger partial charge in [0, 0.05) is 16.8 Å². The van der Waals surface area contributed by atoms with E-state index in [1.54, 1.807) is 0 Å². The molecule has 89 valence electrons. The van der Waals surface area contributed by atoms with Gasteiger partial charge in [-0.3, -0.25) is 0 Å². The van der Waals surface area contributed by atoms with Crippen LogP contribution in [0.3, 0.4) is 0 Å². The fourth-order valence-corrected chi connectivity index (χ4v) is 3.38. The van der Waals surface area contributed by atoms with E-state index in [1.807, 2.05) is 0 Å². The van der Waals surface area contributed by atoms with Gasteiger partial charge in [0.05, 0.1) is 32.3 Å². The molecule has 0 aliphatic heterocycles. The number of halogens is 6. The predicted molar refractivity (Wildman–Crippen MR) is 61.5 cm³/mol. The molecule has 1 rings (SSSR count). The molecule has 0 aromatic carbocycles. The standard InChI is InChI=1S/C6H6Cl6.Co.H2O/c7-1-2(8)4(10)6(12)5(11)3(1)9;;/h1-6H;;1H2. The van der Waals surface area contributed by atoms with Crippen LogP contribution in [0.5, 0.6) is 0 Å². The number of hydrogen-bond acceptors (Lipinski definition) is 0. The second kappa shape index (κ2) is 7.52. The first kappa shape index (κ1) is 18.6. The fourth-order valence-electron chi connectivity index (χ4n) is 1.05. The van der Waals surface area contributed by atoms with Crippen molar-refractivity contribution in [3.63, 3.8) is 0 Å². The molecule has 1 fully saturated rings. The van der Waals surface area contributed by atoms with E-state index in [1.165, 1.54) is 0 Å². The average molecular weight is 368 g/mol. The van der Waals surface area contributed by atoms with Gasteiger partial charge in [-0.15, -0.1) is 69.6 Å². The Kier molecular flexibility index (Phi) is 9.97. The Morgan fingerprint density at radius 1 is 0.429 bits per heavy atom. The van der Waals surface area contributed by atoms with Crippen molar-refractivity contribution in [3.05, 3.63) is 0 Å². The number of alkyl halides is 6. The molecule has 0 heterocycles. The molecule has 1 nitrogen and oxygen atoms in total. The van der Waals surface area contributed by atoms with Crippen LogP contribution in [-0.4, -0.2) is 37.7 Å². The van der Waals surface area contributed by atoms with Crippen molar-refractivity contribution in [2.75, 3.05) is 0 Å². The SMILES string of the molecule is ClC1C(Cl)C(Cl)C(Cl)C(Cl)C1Cl.O.[Co]. The molecular weight excluding hydrogens is 360 g/mol. The molecule has 14 heavy (non-hydrogen) atoms. The van der Waals surface area contributed by atoms with Gasteiger partial charge in [-0.05, 0) is 0 Å². The first-order chi connectivity index (χ1) is 5.46. The van der Waals surface area contributed by atoms with Gasteiger partial charge < -0.3 is 5.48 Å². The van der Waals surface area contributed by atoms with E-state index in [0.717, 1.165) is 0 Å². The van der Waals surface area contributed by atoms with Crippen molar-refractivity contribution in [2.45, 2.75) is 32.3 Å². The van der Waals surface area contributed by atoms with Gasteiger partial charge >= 0.3 is 0 Å². The van der Waals surface area contributed by atoms with E-state index in [4.69, 9.17) is 69.6 Å². The molecule has 0 atom stereocenters. The van der Waals surface area contributed by atoms with Crippen molar-refractivity contribution in [3.8, 4) is 0 Å². The van der Waals surface area contributed by atoms with Crippen LogP contribution in [0.2, 0.25) is 0 Å². The second-order valence-electron chi connectivity index (χ2n) is 2.67. The minimum atomic E-state index is -0.437. The molecule has 1 aliphatic rings. The van der Waals surface area contributed by atoms with Crippen molar-refractivity contribution < 1.29 is 22.3 Å². The molecule has 1 aliphatic carbocycles. The summed E-state index contributed by atoms with van der Waals surface area (Å²) in [4.78, 5) is 0. The molecule has 0 amide bonds. The molecule has 0 aromatic heterocycles. The van der Waals surface area contributed by atoms with Crippen LogP contribution in [0.15, 0.2) is 0 Å². The fraction of sp³-hybridized carbons (Fsp3) is 1.00. The molecule has 1 saturated carbocycles. The maximum Gasteiger partial charge on any atom is 0.0693 e. The van der Waals surface area contributed by atoms with Gasteiger partial charge in [0.25, 0.3) is 0 Å². The van der Waals surface area contributed by atoms with E-state index >= 15 is 0 Å². The van der Waals surface area contributed by atoms with Crippen LogP contribution < -0.4 is 0 Å². The monoisotopic (exact) mass is 365 g/mol. The summed E-state index contributed by atoms with van der Waals surface area (Å²) >= 11 is 35.3. The Bertz CT molecular complexity index is 114. The summed E-state index contributed by atoms with van der Waals surface area (Å²) in [7, 11) is 0. The largest absolute Gasteiger partial charge is 0.412 e. The molecule has 8 heteroatoms. The average Bonchev–Trinajstić information content (AvgIpc) is 2.08. The van der Waals surface area contributed by atoms with Crippen LogP contribution in [0.4, 0.5) is 0 Å². The van der Waals surface area contributed by atoms with Gasteiger partial charge in [-0.2, -0.15) is 0 Å². The summed E-state index contributed by atoms with van der Waals surface area (Å²) in [5, 5.41) is -2.62. The number of hydrogen-bond donors (Lipinski definition) is 0. The van der Waals surface area contributed by atoms with Crippen LogP contribution in [0.25, 0.3) is 0 Å². The third-order valence-corrected chi connectivity index (χ3v) is 5.86. The minimum Gasteiger partial charge on any atom is -0.412 e. The zero-order valence-corrected chi connectivity index (χ0v) is 12.1. The van der Waals surface area contributed by atoms with Crippen molar-refractivity contribution >= 4 is 69.6 Å². The second-order valence-corrected chi connectivity index (χ2v) is 5.69. The summed E-state index contributed by atoms with van der Waals surface area (Å²) in [5.74, 6) is 0. The molecule has 0 unspecified atom stereocenters. The van der Waals surface area contributed by atoms with Crippen LogP contribution in [-0.2, 0) is 16.8 Å². The minimum absolute atomic E-state index is 0. The zero-order valence-electron chi connectivity index (χ0n) is 6.57. The normalized spacial score (nSPS) is 47.6. The Labute approximate surface area is 123 Å². The smallest absolute Gasteiger partial charge is 0.0693 e. The summed E-state index contributed by atoms with van der Waals surface area (Å²) < 4.78 is 0. The molecule has 0 aromatic rings. The van der Waals surface area contributed by atoms with E-state index < -0.39 is 32.3 Å². The molecule has 0 spiro atoms. The van der Waals surface area contributed by atoms with E-state index in [0.29, 0.717) is 0 Å². The van der Waals surface area contributed by atoms with Gasteiger partial charge in [0.15, 0.2) is 0 Å². The van der Waals surface area contributed by atoms with Crippen molar-refractivity contribution in [2.24, 2.45) is 0 Å². The molecule has 0 bridgehead atoms. The van der Waals surface area contributed by atoms with Crippen LogP contribution >= 0.6 is 69.6 Å². The van der Waals surface area contributed by atoms with Gasteiger partial charge in [0.2, 0.25) is 0 Å². The van der Waals surface area contributed by atoms with Gasteiger partial charge in [-0.25, -0.2) is 0 Å². The maximum absolute atomic E-state index is 5.88. The molecule has 0 saturated heterocycles. The third kappa shape index (κ3) is 3.61. The first-order valence-corrected chi connectivity index (χ1v) is 5.93. The van der Waals surface area contributed by atoms with E-state index in [-0.39, 0.29) is 22.3 Å². The zero-order chi connectivity index (χ0) is 9.46. The Balaban J connectivity index is 0. The Morgan fingerprint density at radius 3 is 0.571 bits per heavy atom. The van der Waals surface area contributed by atoms with Crippen molar-refractivity contribution in [1.82, 2.24) is 0 Å². The molecule has 1 radical (unpaired) electrons. The number of rotatable bonds is 0. The van der Waals surface area contributed by atoms with Gasteiger partial charge in [-0.1, -0.05) is 0 Å². The van der Waals surface area contributed by atoms with Crippen molar-refractivity contribution in [1.29, 1.82) is 0 Å². The quantitative estimate of drug-likeness (QED) is 0.590. The van der Waals surface area contributed by atoms with Crippen LogP contribution in [0.1, 0.15) is 0 Å². The summed E-state index contributed by atoms with van der Waals surface area (Å²) in [6.07, 6.45) is 0. The summed E-state index contributed by atoms with van der Waals surface area (Å²) in [6, 6.07) is 0. The summed E-state index contributed by atoms with van der Waals surface area (Å²) in [6.45, 7) is 0. The van der Waals surface area contributed by atoms with Gasteiger partial charge in [0.1, 0.15) is 0 Å². The Hall–Kier alpha value is 2.21. The molecular formula is C6H8Cl6CoO. The third-order valence-electron chi connectivity index (χ3n) is 1.83. The topological polar surface area (TPSA) is 31.5 Å². The summed E-state index contributed by atoms with van der Waals surface area (Å²) in [5.41, 5.74) is 0. The maximum atomic E-state index is 5.88. The Morgan fingerprint density at radius 2 is 0.500 bits per heavy atom. The first-order valence-electron chi connectivity index (χ1n) is 3.31. The van der Waals surface area contributed by atoms with Crippen LogP contribution in [0, 0.1) is 0 Å². The molecule has 2 N–H and O–H groups in total. The van der Waals surface area contributed by atoms with E-state index in [9.17, 15) is 0 Å². The van der Waals surface area contributed by atoms with E-state index in [2.05, 4.69) is 0 Å².